The van der Waals surface area contributed by atoms with E-state index in [1.165, 1.54) is 0 Å². The quantitative estimate of drug-likeness (QED) is 0.876. The van der Waals surface area contributed by atoms with Crippen LogP contribution < -0.4 is 10.1 Å². The van der Waals surface area contributed by atoms with Crippen LogP contribution in [0.25, 0.3) is 0 Å². The van der Waals surface area contributed by atoms with Crippen molar-refractivity contribution < 1.29 is 13.2 Å². The van der Waals surface area contributed by atoms with Gasteiger partial charge in [-0.25, -0.2) is 8.42 Å². The van der Waals surface area contributed by atoms with Gasteiger partial charge in [-0.1, -0.05) is 0 Å². The van der Waals surface area contributed by atoms with Crippen LogP contribution in [-0.2, 0) is 10.0 Å². The second-order valence-electron chi connectivity index (χ2n) is 5.67. The average molecular weight is 311 g/mol. The molecular weight excluding hydrogens is 290 g/mol. The molecule has 1 aromatic rings. The highest BCUT2D eigenvalue weighted by molar-refractivity contribution is 7.89. The Morgan fingerprint density at radius 2 is 1.95 bits per heavy atom. The van der Waals surface area contributed by atoms with E-state index >= 15 is 0 Å². The van der Waals surface area contributed by atoms with Crippen molar-refractivity contribution in [3.05, 3.63) is 18.2 Å². The van der Waals surface area contributed by atoms with Gasteiger partial charge in [0.15, 0.2) is 0 Å². The van der Waals surface area contributed by atoms with Crippen LogP contribution in [0.3, 0.4) is 0 Å². The van der Waals surface area contributed by atoms with Crippen molar-refractivity contribution in [3.63, 3.8) is 0 Å². The molecule has 0 saturated carbocycles. The second-order valence-corrected chi connectivity index (χ2v) is 7.61. The number of rotatable bonds is 2. The Bertz CT molecular complexity index is 624. The fourth-order valence-electron chi connectivity index (χ4n) is 2.60. The zero-order chi connectivity index (χ0) is 15.0. The highest BCUT2D eigenvalue weighted by atomic mass is 32.2. The molecule has 2 aliphatic rings. The van der Waals surface area contributed by atoms with Gasteiger partial charge in [-0.2, -0.15) is 4.31 Å². The van der Waals surface area contributed by atoms with Crippen LogP contribution in [0.15, 0.2) is 23.1 Å². The number of hydrogen-bond acceptors (Lipinski definition) is 5. The van der Waals surface area contributed by atoms with Crippen LogP contribution >= 0.6 is 0 Å². The molecule has 0 radical (unpaired) electrons. The molecule has 6 nitrogen and oxygen atoms in total. The molecule has 1 aromatic carbocycles. The number of piperazine rings is 1. The van der Waals surface area contributed by atoms with Crippen LogP contribution in [-0.4, -0.2) is 63.5 Å². The van der Waals surface area contributed by atoms with Crippen molar-refractivity contribution in [2.45, 2.75) is 17.9 Å². The third kappa shape index (κ3) is 2.86. The summed E-state index contributed by atoms with van der Waals surface area (Å²) < 4.78 is 32.6. The molecule has 0 aromatic heterocycles. The summed E-state index contributed by atoms with van der Waals surface area (Å²) in [5.74, 6) is 0.714. The summed E-state index contributed by atoms with van der Waals surface area (Å²) in [4.78, 5) is 2.46. The first kappa shape index (κ1) is 14.6. The molecular formula is C14H21N3O3S. The van der Waals surface area contributed by atoms with E-state index < -0.39 is 10.0 Å². The van der Waals surface area contributed by atoms with Crippen LogP contribution in [0.5, 0.6) is 5.75 Å². The molecule has 0 spiro atoms. The number of ether oxygens (including phenoxy) is 1. The zero-order valence-corrected chi connectivity index (χ0v) is 13.2. The molecule has 3 rings (SSSR count). The summed E-state index contributed by atoms with van der Waals surface area (Å²) in [5.41, 5.74) is 0.753. The van der Waals surface area contributed by atoms with Gasteiger partial charge in [-0.15, -0.1) is 0 Å². The summed E-state index contributed by atoms with van der Waals surface area (Å²) in [6, 6.07) is 5.04. The van der Waals surface area contributed by atoms with E-state index in [2.05, 4.69) is 10.2 Å². The van der Waals surface area contributed by atoms with Crippen molar-refractivity contribution in [1.82, 2.24) is 9.21 Å². The number of likely N-dealkylation sites (N-methyl/N-ethyl adjacent to an activating group) is 1. The molecule has 2 heterocycles. The maximum absolute atomic E-state index is 12.7. The lowest BCUT2D eigenvalue weighted by atomic mass is 10.2. The largest absolute Gasteiger partial charge is 0.487 e. The topological polar surface area (TPSA) is 61.9 Å². The lowest BCUT2D eigenvalue weighted by molar-refractivity contribution is 0.222. The Labute approximate surface area is 125 Å². The number of sulfonamides is 1. The minimum Gasteiger partial charge on any atom is -0.487 e. The van der Waals surface area contributed by atoms with E-state index in [1.54, 1.807) is 22.5 Å². The Kier molecular flexibility index (Phi) is 3.81. The Hall–Kier alpha value is -1.31. The molecule has 0 aliphatic carbocycles. The first-order valence-electron chi connectivity index (χ1n) is 7.20. The summed E-state index contributed by atoms with van der Waals surface area (Å²) in [5, 5.41) is 3.22. The molecule has 7 heteroatoms. The molecule has 21 heavy (non-hydrogen) atoms. The monoisotopic (exact) mass is 311 g/mol. The smallest absolute Gasteiger partial charge is 0.243 e. The van der Waals surface area contributed by atoms with Gasteiger partial charge in [-0.05, 0) is 32.2 Å². The van der Waals surface area contributed by atoms with E-state index in [0.717, 1.165) is 18.8 Å². The fraction of sp³-hybridized carbons (Fsp3) is 0.571. The van der Waals surface area contributed by atoms with Crippen LogP contribution in [0, 0.1) is 0 Å². The summed E-state index contributed by atoms with van der Waals surface area (Å²) in [7, 11) is -1.42. The van der Waals surface area contributed by atoms with Gasteiger partial charge < -0.3 is 15.0 Å². The zero-order valence-electron chi connectivity index (χ0n) is 12.4. The lowest BCUT2D eigenvalue weighted by Crippen LogP contribution is -2.47. The lowest BCUT2D eigenvalue weighted by Gasteiger charge is -2.32. The predicted molar refractivity (Wildman–Crippen MR) is 81.3 cm³/mol. The van der Waals surface area contributed by atoms with Gasteiger partial charge in [0.05, 0.1) is 17.1 Å². The van der Waals surface area contributed by atoms with Gasteiger partial charge in [-0.3, -0.25) is 0 Å². The summed E-state index contributed by atoms with van der Waals surface area (Å²) in [6.07, 6.45) is 0.0950. The van der Waals surface area contributed by atoms with Gasteiger partial charge in [0.1, 0.15) is 11.9 Å². The number of anilines is 1. The highest BCUT2D eigenvalue weighted by Crippen LogP contribution is 2.32. The van der Waals surface area contributed by atoms with Crippen LogP contribution in [0.1, 0.15) is 6.92 Å². The number of nitrogens with one attached hydrogen (secondary N) is 1. The summed E-state index contributed by atoms with van der Waals surface area (Å²) >= 11 is 0. The molecule has 1 N–H and O–H groups in total. The van der Waals surface area contributed by atoms with Crippen LogP contribution in [0.2, 0.25) is 0 Å². The minimum absolute atomic E-state index is 0.0950. The van der Waals surface area contributed by atoms with E-state index in [1.807, 2.05) is 14.0 Å². The van der Waals surface area contributed by atoms with Gasteiger partial charge >= 0.3 is 0 Å². The fourth-order valence-corrected chi connectivity index (χ4v) is 4.05. The first-order chi connectivity index (χ1) is 9.96. The predicted octanol–water partition coefficient (Wildman–Crippen LogP) is 0.816. The molecule has 0 amide bonds. The van der Waals surface area contributed by atoms with Gasteiger partial charge in [0.2, 0.25) is 10.0 Å². The van der Waals surface area contributed by atoms with Gasteiger partial charge in [0, 0.05) is 26.2 Å². The molecule has 1 unspecified atom stereocenters. The molecule has 0 bridgehead atoms. The number of hydrogen-bond donors (Lipinski definition) is 1. The molecule has 1 fully saturated rings. The molecule has 2 aliphatic heterocycles. The summed E-state index contributed by atoms with van der Waals surface area (Å²) in [6.45, 7) is 5.27. The molecule has 1 saturated heterocycles. The molecule has 1 atom stereocenters. The highest BCUT2D eigenvalue weighted by Gasteiger charge is 2.28. The van der Waals surface area contributed by atoms with E-state index in [-0.39, 0.29) is 6.10 Å². The van der Waals surface area contributed by atoms with Crippen molar-refractivity contribution in [3.8, 4) is 5.75 Å². The van der Waals surface area contributed by atoms with Crippen molar-refractivity contribution in [2.75, 3.05) is 45.1 Å². The number of nitrogens with zero attached hydrogens (tertiary/aromatic N) is 2. The Balaban J connectivity index is 1.86. The first-order valence-corrected chi connectivity index (χ1v) is 8.64. The standard InChI is InChI=1S/C14H21N3O3S/c1-11-10-15-13-9-12(3-4-14(13)20-11)21(18,19)17-7-5-16(2)6-8-17/h3-4,9,11,15H,5-8,10H2,1-2H3. The van der Waals surface area contributed by atoms with Crippen molar-refractivity contribution in [2.24, 2.45) is 0 Å². The third-order valence-corrected chi connectivity index (χ3v) is 5.85. The Morgan fingerprint density at radius 1 is 1.24 bits per heavy atom. The minimum atomic E-state index is -3.42. The third-order valence-electron chi connectivity index (χ3n) is 3.96. The van der Waals surface area contributed by atoms with E-state index in [4.69, 9.17) is 4.74 Å². The van der Waals surface area contributed by atoms with Crippen molar-refractivity contribution >= 4 is 15.7 Å². The van der Waals surface area contributed by atoms with Crippen molar-refractivity contribution in [1.29, 1.82) is 0 Å². The van der Waals surface area contributed by atoms with Gasteiger partial charge in [0.25, 0.3) is 0 Å². The SMILES string of the molecule is CC1CNc2cc(S(=O)(=O)N3CCN(C)CC3)ccc2O1. The van der Waals surface area contributed by atoms with E-state index in [9.17, 15) is 8.42 Å². The number of benzene rings is 1. The average Bonchev–Trinajstić information content (AvgIpc) is 2.47. The Morgan fingerprint density at radius 3 is 2.67 bits per heavy atom. The second kappa shape index (κ2) is 5.47. The van der Waals surface area contributed by atoms with E-state index in [0.29, 0.717) is 30.3 Å². The maximum Gasteiger partial charge on any atom is 0.243 e. The normalized spacial score (nSPS) is 24.0. The number of fused-ring (bicyclic) bond motifs is 1. The molecule has 116 valence electrons. The maximum atomic E-state index is 12.7. The van der Waals surface area contributed by atoms with Crippen LogP contribution in [0.4, 0.5) is 5.69 Å².